The van der Waals surface area contributed by atoms with Crippen LogP contribution in [0.15, 0.2) is 42.7 Å². The number of aryl methyl sites for hydroxylation is 1. The minimum Gasteiger partial charge on any atom is -0.349 e. The number of carbonyl (C=O) groups excluding carboxylic acids is 1. The Bertz CT molecular complexity index is 587. The van der Waals surface area contributed by atoms with Crippen LogP contribution in [0.3, 0.4) is 0 Å². The SMILES string of the molecule is CC(NC(=O)C(C)(C)c1ccccc1)c1cnn(C)c1. The molecule has 2 rings (SSSR count). The van der Waals surface area contributed by atoms with E-state index < -0.39 is 5.41 Å². The summed E-state index contributed by atoms with van der Waals surface area (Å²) in [4.78, 5) is 12.5. The van der Waals surface area contributed by atoms with Crippen LogP contribution in [-0.2, 0) is 17.3 Å². The zero-order valence-corrected chi connectivity index (χ0v) is 12.4. The van der Waals surface area contributed by atoms with Gasteiger partial charge in [-0.2, -0.15) is 5.10 Å². The molecule has 1 amide bonds. The lowest BCUT2D eigenvalue weighted by atomic mass is 9.83. The Balaban J connectivity index is 2.11. The van der Waals surface area contributed by atoms with Gasteiger partial charge in [0.05, 0.1) is 17.7 Å². The van der Waals surface area contributed by atoms with Gasteiger partial charge in [-0.15, -0.1) is 0 Å². The van der Waals surface area contributed by atoms with Crippen LogP contribution in [0.5, 0.6) is 0 Å². The molecule has 0 bridgehead atoms. The van der Waals surface area contributed by atoms with Gasteiger partial charge in [-0.25, -0.2) is 0 Å². The van der Waals surface area contributed by atoms with Crippen molar-refractivity contribution in [1.29, 1.82) is 0 Å². The summed E-state index contributed by atoms with van der Waals surface area (Å²) in [5.74, 6) is 0.0139. The number of aromatic nitrogens is 2. The van der Waals surface area contributed by atoms with Crippen LogP contribution in [0.1, 0.15) is 37.9 Å². The lowest BCUT2D eigenvalue weighted by Crippen LogP contribution is -2.41. The van der Waals surface area contributed by atoms with E-state index >= 15 is 0 Å². The third-order valence-electron chi connectivity index (χ3n) is 3.64. The van der Waals surface area contributed by atoms with Crippen LogP contribution in [0.4, 0.5) is 0 Å². The van der Waals surface area contributed by atoms with Crippen molar-refractivity contribution < 1.29 is 4.79 Å². The summed E-state index contributed by atoms with van der Waals surface area (Å²) in [5, 5.41) is 7.19. The Labute approximate surface area is 119 Å². The minimum absolute atomic E-state index is 0.0139. The number of hydrogen-bond donors (Lipinski definition) is 1. The molecule has 20 heavy (non-hydrogen) atoms. The molecule has 0 fully saturated rings. The topological polar surface area (TPSA) is 46.9 Å². The van der Waals surface area contributed by atoms with Gasteiger partial charge in [-0.05, 0) is 26.3 Å². The number of amides is 1. The molecule has 0 saturated heterocycles. The smallest absolute Gasteiger partial charge is 0.230 e. The molecule has 0 spiro atoms. The highest BCUT2D eigenvalue weighted by molar-refractivity contribution is 5.87. The molecule has 0 aliphatic rings. The summed E-state index contributed by atoms with van der Waals surface area (Å²) in [6.45, 7) is 5.84. The number of hydrogen-bond acceptors (Lipinski definition) is 2. The largest absolute Gasteiger partial charge is 0.349 e. The van der Waals surface area contributed by atoms with Gasteiger partial charge in [-0.1, -0.05) is 30.3 Å². The first kappa shape index (κ1) is 14.3. The van der Waals surface area contributed by atoms with Crippen molar-refractivity contribution in [2.75, 3.05) is 0 Å². The van der Waals surface area contributed by atoms with Crippen molar-refractivity contribution in [3.63, 3.8) is 0 Å². The van der Waals surface area contributed by atoms with E-state index in [-0.39, 0.29) is 11.9 Å². The fourth-order valence-electron chi connectivity index (χ4n) is 2.11. The van der Waals surface area contributed by atoms with Gasteiger partial charge >= 0.3 is 0 Å². The van der Waals surface area contributed by atoms with Gasteiger partial charge in [0.25, 0.3) is 0 Å². The Morgan fingerprint density at radius 1 is 1.30 bits per heavy atom. The fourth-order valence-corrected chi connectivity index (χ4v) is 2.11. The van der Waals surface area contributed by atoms with Gasteiger partial charge in [0.1, 0.15) is 0 Å². The molecule has 4 heteroatoms. The van der Waals surface area contributed by atoms with Gasteiger partial charge in [0, 0.05) is 18.8 Å². The van der Waals surface area contributed by atoms with Crippen LogP contribution >= 0.6 is 0 Å². The quantitative estimate of drug-likeness (QED) is 0.929. The zero-order chi connectivity index (χ0) is 14.8. The highest BCUT2D eigenvalue weighted by atomic mass is 16.2. The predicted molar refractivity (Wildman–Crippen MR) is 79.2 cm³/mol. The van der Waals surface area contributed by atoms with E-state index in [0.717, 1.165) is 11.1 Å². The molecule has 0 radical (unpaired) electrons. The first-order chi connectivity index (χ1) is 9.41. The molecule has 1 atom stereocenters. The molecule has 4 nitrogen and oxygen atoms in total. The lowest BCUT2D eigenvalue weighted by Gasteiger charge is -2.26. The monoisotopic (exact) mass is 271 g/mol. The number of rotatable bonds is 4. The average Bonchev–Trinajstić information content (AvgIpc) is 2.86. The maximum Gasteiger partial charge on any atom is 0.230 e. The summed E-state index contributed by atoms with van der Waals surface area (Å²) < 4.78 is 1.74. The summed E-state index contributed by atoms with van der Waals surface area (Å²) in [7, 11) is 1.87. The van der Waals surface area contributed by atoms with E-state index in [9.17, 15) is 4.79 Å². The van der Waals surface area contributed by atoms with Gasteiger partial charge in [0.15, 0.2) is 0 Å². The highest BCUT2D eigenvalue weighted by Crippen LogP contribution is 2.24. The molecule has 0 aliphatic carbocycles. The second kappa shape index (κ2) is 5.49. The fraction of sp³-hybridized carbons (Fsp3) is 0.375. The third-order valence-corrected chi connectivity index (χ3v) is 3.64. The zero-order valence-electron chi connectivity index (χ0n) is 12.4. The van der Waals surface area contributed by atoms with E-state index in [0.29, 0.717) is 0 Å². The van der Waals surface area contributed by atoms with Crippen LogP contribution in [0.25, 0.3) is 0 Å². The van der Waals surface area contributed by atoms with Gasteiger partial charge in [-0.3, -0.25) is 9.48 Å². The number of benzene rings is 1. The molecule has 1 N–H and O–H groups in total. The predicted octanol–water partition coefficient (Wildman–Crippen LogP) is 2.58. The molecule has 1 unspecified atom stereocenters. The molecule has 1 aromatic carbocycles. The maximum atomic E-state index is 12.5. The van der Waals surface area contributed by atoms with Crippen molar-refractivity contribution in [3.05, 3.63) is 53.9 Å². The minimum atomic E-state index is -0.558. The summed E-state index contributed by atoms with van der Waals surface area (Å²) in [5.41, 5.74) is 1.46. The average molecular weight is 271 g/mol. The molecule has 0 aliphatic heterocycles. The number of nitrogens with one attached hydrogen (secondary N) is 1. The lowest BCUT2D eigenvalue weighted by molar-refractivity contribution is -0.126. The van der Waals surface area contributed by atoms with Gasteiger partial charge in [0.2, 0.25) is 5.91 Å². The maximum absolute atomic E-state index is 12.5. The third kappa shape index (κ3) is 2.90. The standard InChI is InChI=1S/C16H21N3O/c1-12(13-10-17-19(4)11-13)18-15(20)16(2,3)14-8-6-5-7-9-14/h5-12H,1-4H3,(H,18,20). The highest BCUT2D eigenvalue weighted by Gasteiger charge is 2.30. The van der Waals surface area contributed by atoms with Crippen LogP contribution in [-0.4, -0.2) is 15.7 Å². The van der Waals surface area contributed by atoms with E-state index in [2.05, 4.69) is 10.4 Å². The van der Waals surface area contributed by atoms with E-state index in [1.54, 1.807) is 10.9 Å². The van der Waals surface area contributed by atoms with E-state index in [4.69, 9.17) is 0 Å². The number of carbonyl (C=O) groups is 1. The molecule has 2 aromatic rings. The molecule has 0 saturated carbocycles. The van der Waals surface area contributed by atoms with Crippen molar-refractivity contribution in [2.45, 2.75) is 32.2 Å². The van der Waals surface area contributed by atoms with Crippen LogP contribution in [0, 0.1) is 0 Å². The van der Waals surface area contributed by atoms with Crippen molar-refractivity contribution in [2.24, 2.45) is 7.05 Å². The van der Waals surface area contributed by atoms with E-state index in [1.807, 2.05) is 64.3 Å². The summed E-state index contributed by atoms with van der Waals surface area (Å²) in [6.07, 6.45) is 3.70. The molecular formula is C16H21N3O. The first-order valence-corrected chi connectivity index (χ1v) is 6.76. The van der Waals surface area contributed by atoms with Crippen LogP contribution in [0.2, 0.25) is 0 Å². The molecule has 1 aromatic heterocycles. The Morgan fingerprint density at radius 3 is 2.50 bits per heavy atom. The second-order valence-electron chi connectivity index (χ2n) is 5.63. The second-order valence-corrected chi connectivity index (χ2v) is 5.63. The Kier molecular flexibility index (Phi) is 3.93. The molecule has 1 heterocycles. The van der Waals surface area contributed by atoms with Crippen molar-refractivity contribution >= 4 is 5.91 Å². The molecular weight excluding hydrogens is 250 g/mol. The van der Waals surface area contributed by atoms with Crippen molar-refractivity contribution in [3.8, 4) is 0 Å². The van der Waals surface area contributed by atoms with Crippen molar-refractivity contribution in [1.82, 2.24) is 15.1 Å². The Morgan fingerprint density at radius 2 is 1.95 bits per heavy atom. The van der Waals surface area contributed by atoms with Gasteiger partial charge < -0.3 is 5.32 Å². The normalized spacial score (nSPS) is 13.0. The number of nitrogens with zero attached hydrogens (tertiary/aromatic N) is 2. The van der Waals surface area contributed by atoms with E-state index in [1.165, 1.54) is 0 Å². The molecule has 106 valence electrons. The Hall–Kier alpha value is -2.10. The summed E-state index contributed by atoms with van der Waals surface area (Å²) >= 11 is 0. The summed E-state index contributed by atoms with van der Waals surface area (Å²) in [6, 6.07) is 9.77. The van der Waals surface area contributed by atoms with Crippen LogP contribution < -0.4 is 5.32 Å². The first-order valence-electron chi connectivity index (χ1n) is 6.76.